The zero-order chi connectivity index (χ0) is 12.8. The summed E-state index contributed by atoms with van der Waals surface area (Å²) >= 11 is 7.00. The van der Waals surface area contributed by atoms with Crippen LogP contribution < -0.4 is 10.6 Å². The molecule has 1 heterocycles. The number of halogens is 1. The van der Waals surface area contributed by atoms with Gasteiger partial charge in [-0.25, -0.2) is 4.98 Å². The first-order chi connectivity index (χ1) is 8.06. The van der Waals surface area contributed by atoms with E-state index in [1.54, 1.807) is 6.92 Å². The fourth-order valence-corrected chi connectivity index (χ4v) is 2.22. The van der Waals surface area contributed by atoms with Gasteiger partial charge in [-0.2, -0.15) is 0 Å². The molecule has 0 aliphatic heterocycles. The van der Waals surface area contributed by atoms with Gasteiger partial charge in [-0.1, -0.05) is 0 Å². The smallest absolute Gasteiger partial charge is 0.242 e. The van der Waals surface area contributed by atoms with Gasteiger partial charge >= 0.3 is 0 Å². The number of aromatic nitrogens is 1. The Morgan fingerprint density at radius 3 is 2.82 bits per heavy atom. The summed E-state index contributed by atoms with van der Waals surface area (Å²) in [5.41, 5.74) is 0.763. The predicted molar refractivity (Wildman–Crippen MR) is 67.0 cm³/mol. The molecule has 0 aromatic carbocycles. The van der Waals surface area contributed by atoms with Gasteiger partial charge in [-0.3, -0.25) is 9.59 Å². The largest absolute Gasteiger partial charge is 0.357 e. The van der Waals surface area contributed by atoms with Crippen LogP contribution in [0.1, 0.15) is 17.6 Å². The Morgan fingerprint density at radius 2 is 2.29 bits per heavy atom. The van der Waals surface area contributed by atoms with Gasteiger partial charge in [0.15, 0.2) is 0 Å². The molecule has 1 atom stereocenters. The van der Waals surface area contributed by atoms with Crippen LogP contribution in [0.4, 0.5) is 0 Å². The SMILES string of the molecule is CNC(=O)C(C)NC(=O)Cc1nc(CCl)cs1. The molecule has 1 unspecified atom stereocenters. The van der Waals surface area contributed by atoms with Crippen molar-refractivity contribution in [3.63, 3.8) is 0 Å². The maximum Gasteiger partial charge on any atom is 0.242 e. The van der Waals surface area contributed by atoms with Crippen LogP contribution in [-0.2, 0) is 21.9 Å². The zero-order valence-corrected chi connectivity index (χ0v) is 11.2. The highest BCUT2D eigenvalue weighted by molar-refractivity contribution is 7.09. The third-order valence-electron chi connectivity index (χ3n) is 2.07. The fraction of sp³-hybridized carbons (Fsp3) is 0.500. The van der Waals surface area contributed by atoms with Gasteiger partial charge in [0, 0.05) is 12.4 Å². The lowest BCUT2D eigenvalue weighted by atomic mass is 10.3. The van der Waals surface area contributed by atoms with Gasteiger partial charge in [0.05, 0.1) is 18.0 Å². The van der Waals surface area contributed by atoms with E-state index < -0.39 is 6.04 Å². The summed E-state index contributed by atoms with van der Waals surface area (Å²) in [5, 5.41) is 7.57. The molecular weight excluding hydrogens is 262 g/mol. The first kappa shape index (κ1) is 13.9. The summed E-state index contributed by atoms with van der Waals surface area (Å²) in [5.74, 6) is -0.109. The highest BCUT2D eigenvalue weighted by Gasteiger charge is 2.15. The van der Waals surface area contributed by atoms with E-state index in [0.29, 0.717) is 10.9 Å². The van der Waals surface area contributed by atoms with Crippen LogP contribution in [0.3, 0.4) is 0 Å². The molecule has 0 bridgehead atoms. The second kappa shape index (κ2) is 6.56. The van der Waals surface area contributed by atoms with E-state index in [1.165, 1.54) is 18.4 Å². The summed E-state index contributed by atoms with van der Waals surface area (Å²) in [6.07, 6.45) is 0.170. The van der Waals surface area contributed by atoms with E-state index in [2.05, 4.69) is 15.6 Å². The summed E-state index contributed by atoms with van der Waals surface area (Å²) in [7, 11) is 1.53. The molecule has 5 nitrogen and oxygen atoms in total. The number of carbonyl (C=O) groups is 2. The lowest BCUT2D eigenvalue weighted by Gasteiger charge is -2.11. The van der Waals surface area contributed by atoms with Crippen molar-refractivity contribution in [1.82, 2.24) is 15.6 Å². The molecular formula is C10H14ClN3O2S. The number of carbonyl (C=O) groups excluding carboxylic acids is 2. The number of nitrogens with one attached hydrogen (secondary N) is 2. The van der Waals surface area contributed by atoms with Gasteiger partial charge in [0.1, 0.15) is 11.0 Å². The quantitative estimate of drug-likeness (QED) is 0.776. The van der Waals surface area contributed by atoms with Crippen molar-refractivity contribution < 1.29 is 9.59 Å². The third-order valence-corrected chi connectivity index (χ3v) is 3.24. The van der Waals surface area contributed by atoms with Crippen LogP contribution >= 0.6 is 22.9 Å². The summed E-state index contributed by atoms with van der Waals surface area (Å²) < 4.78 is 0. The number of hydrogen-bond acceptors (Lipinski definition) is 4. The molecule has 2 amide bonds. The van der Waals surface area contributed by atoms with E-state index in [0.717, 1.165) is 5.69 Å². The summed E-state index contributed by atoms with van der Waals surface area (Å²) in [6, 6.07) is -0.542. The van der Waals surface area contributed by atoms with Crippen LogP contribution in [0.2, 0.25) is 0 Å². The number of thiazole rings is 1. The Hall–Kier alpha value is -1.14. The average molecular weight is 276 g/mol. The number of amides is 2. The average Bonchev–Trinajstić information content (AvgIpc) is 2.75. The molecule has 0 aliphatic carbocycles. The fourth-order valence-electron chi connectivity index (χ4n) is 1.20. The van der Waals surface area contributed by atoms with Crippen molar-refractivity contribution in [2.75, 3.05) is 7.05 Å². The molecule has 0 radical (unpaired) electrons. The predicted octanol–water partition coefficient (Wildman–Crippen LogP) is 0.675. The van der Waals surface area contributed by atoms with Gasteiger partial charge in [-0.05, 0) is 6.92 Å². The first-order valence-electron chi connectivity index (χ1n) is 5.07. The molecule has 2 N–H and O–H groups in total. The lowest BCUT2D eigenvalue weighted by molar-refractivity contribution is -0.128. The minimum Gasteiger partial charge on any atom is -0.357 e. The monoisotopic (exact) mass is 275 g/mol. The second-order valence-corrected chi connectivity index (χ2v) is 4.66. The minimum absolute atomic E-state index is 0.170. The number of likely N-dealkylation sites (N-methyl/N-ethyl adjacent to an activating group) is 1. The molecule has 0 spiro atoms. The molecule has 1 rings (SSSR count). The van der Waals surface area contributed by atoms with E-state index in [1.807, 2.05) is 5.38 Å². The maximum atomic E-state index is 11.6. The Labute approximate surface area is 109 Å². The van der Waals surface area contributed by atoms with Gasteiger partial charge in [0.2, 0.25) is 11.8 Å². The maximum absolute atomic E-state index is 11.6. The van der Waals surface area contributed by atoms with E-state index in [9.17, 15) is 9.59 Å². The molecule has 94 valence electrons. The van der Waals surface area contributed by atoms with Crippen molar-refractivity contribution in [3.8, 4) is 0 Å². The number of rotatable bonds is 5. The molecule has 0 saturated carbocycles. The third kappa shape index (κ3) is 4.32. The number of alkyl halides is 1. The van der Waals surface area contributed by atoms with E-state index in [4.69, 9.17) is 11.6 Å². The molecule has 7 heteroatoms. The standard InChI is InChI=1S/C10H14ClN3O2S/c1-6(10(16)12-2)13-8(15)3-9-14-7(4-11)5-17-9/h5-6H,3-4H2,1-2H3,(H,12,16)(H,13,15). The Bertz CT molecular complexity index is 408. The van der Waals surface area contributed by atoms with Crippen LogP contribution in [-0.4, -0.2) is 29.9 Å². The topological polar surface area (TPSA) is 71.1 Å². The summed E-state index contributed by atoms with van der Waals surface area (Å²) in [6.45, 7) is 1.63. The molecule has 0 aliphatic rings. The van der Waals surface area contributed by atoms with E-state index >= 15 is 0 Å². The molecule has 17 heavy (non-hydrogen) atoms. The summed E-state index contributed by atoms with van der Waals surface area (Å²) in [4.78, 5) is 26.9. The highest BCUT2D eigenvalue weighted by Crippen LogP contribution is 2.12. The van der Waals surface area contributed by atoms with Gasteiger partial charge in [-0.15, -0.1) is 22.9 Å². The van der Waals surface area contributed by atoms with Gasteiger partial charge < -0.3 is 10.6 Å². The number of nitrogens with zero attached hydrogens (tertiary/aromatic N) is 1. The van der Waals surface area contributed by atoms with Crippen molar-refractivity contribution in [1.29, 1.82) is 0 Å². The molecule has 0 fully saturated rings. The van der Waals surface area contributed by atoms with Crippen LogP contribution in [0, 0.1) is 0 Å². The Morgan fingerprint density at radius 1 is 1.59 bits per heavy atom. The van der Waals surface area contributed by atoms with E-state index in [-0.39, 0.29) is 18.2 Å². The first-order valence-corrected chi connectivity index (χ1v) is 6.48. The van der Waals surface area contributed by atoms with Crippen molar-refractivity contribution >= 4 is 34.8 Å². The Kier molecular flexibility index (Phi) is 5.37. The minimum atomic E-state index is -0.542. The van der Waals surface area contributed by atoms with Crippen molar-refractivity contribution in [2.24, 2.45) is 0 Å². The lowest BCUT2D eigenvalue weighted by Crippen LogP contribution is -2.44. The van der Waals surface area contributed by atoms with Crippen LogP contribution in [0.5, 0.6) is 0 Å². The zero-order valence-electron chi connectivity index (χ0n) is 9.62. The van der Waals surface area contributed by atoms with Gasteiger partial charge in [0.25, 0.3) is 0 Å². The van der Waals surface area contributed by atoms with Crippen LogP contribution in [0.25, 0.3) is 0 Å². The second-order valence-electron chi connectivity index (χ2n) is 3.45. The highest BCUT2D eigenvalue weighted by atomic mass is 35.5. The molecule has 0 saturated heterocycles. The normalized spacial score (nSPS) is 11.9. The molecule has 1 aromatic heterocycles. The van der Waals surface area contributed by atoms with Crippen LogP contribution in [0.15, 0.2) is 5.38 Å². The van der Waals surface area contributed by atoms with Crippen molar-refractivity contribution in [3.05, 3.63) is 16.1 Å². The Balaban J connectivity index is 2.46. The van der Waals surface area contributed by atoms with Crippen molar-refractivity contribution in [2.45, 2.75) is 25.3 Å². The number of hydrogen-bond donors (Lipinski definition) is 2. The molecule has 1 aromatic rings.